The summed E-state index contributed by atoms with van der Waals surface area (Å²) in [6.07, 6.45) is 2.68. The average molecular weight is 662 g/mol. The van der Waals surface area contributed by atoms with Crippen LogP contribution in [0.15, 0.2) is 87.6 Å². The van der Waals surface area contributed by atoms with Crippen LogP contribution < -0.4 is 10.6 Å². The van der Waals surface area contributed by atoms with E-state index in [0.29, 0.717) is 18.1 Å². The van der Waals surface area contributed by atoms with Crippen LogP contribution >= 0.6 is 11.3 Å². The molecule has 0 radical (unpaired) electrons. The molecule has 1 aliphatic heterocycles. The lowest BCUT2D eigenvalue weighted by molar-refractivity contribution is 0.102. The molecule has 0 atom stereocenters. The third-order valence-electron chi connectivity index (χ3n) is 6.50. The number of anilines is 1. The van der Waals surface area contributed by atoms with Crippen molar-refractivity contribution in [2.75, 3.05) is 23.9 Å². The normalized spacial score (nSPS) is 14.4. The Labute approximate surface area is 253 Å². The SMILES string of the molecule is CS(=O)(=O)OCCCS(=O)(=O)c1ccc(-c2ncc(CNCc3ccc4c(c3)NC(=O)c3ccccc3S4(=O)=O)s2)cc1. The molecule has 2 heterocycles. The molecule has 1 aromatic heterocycles. The third kappa shape index (κ3) is 7.20. The minimum atomic E-state index is -3.86. The van der Waals surface area contributed by atoms with E-state index in [9.17, 15) is 30.0 Å². The van der Waals surface area contributed by atoms with E-state index in [1.165, 1.54) is 41.7 Å². The number of hydrogen-bond acceptors (Lipinski definition) is 11. The first-order chi connectivity index (χ1) is 20.3. The van der Waals surface area contributed by atoms with Crippen LogP contribution in [0.4, 0.5) is 5.69 Å². The Kier molecular flexibility index (Phi) is 8.83. The lowest BCUT2D eigenvalue weighted by atomic mass is 10.1. The van der Waals surface area contributed by atoms with Gasteiger partial charge in [-0.1, -0.05) is 30.3 Å². The summed E-state index contributed by atoms with van der Waals surface area (Å²) in [5.74, 6) is -0.723. The van der Waals surface area contributed by atoms with E-state index in [-0.39, 0.29) is 44.7 Å². The van der Waals surface area contributed by atoms with Gasteiger partial charge in [0.25, 0.3) is 16.0 Å². The van der Waals surface area contributed by atoms with Gasteiger partial charge >= 0.3 is 0 Å². The van der Waals surface area contributed by atoms with Crippen LogP contribution in [0, 0.1) is 0 Å². The number of hydrogen-bond donors (Lipinski definition) is 2. The van der Waals surface area contributed by atoms with Gasteiger partial charge in [-0.25, -0.2) is 21.8 Å². The molecule has 11 nitrogen and oxygen atoms in total. The molecule has 0 aliphatic carbocycles. The second-order valence-electron chi connectivity index (χ2n) is 9.74. The van der Waals surface area contributed by atoms with Crippen molar-refractivity contribution in [3.05, 3.63) is 88.9 Å². The highest BCUT2D eigenvalue weighted by Crippen LogP contribution is 2.34. The van der Waals surface area contributed by atoms with Gasteiger partial charge in [-0.15, -0.1) is 11.3 Å². The van der Waals surface area contributed by atoms with E-state index in [2.05, 4.69) is 19.8 Å². The number of benzene rings is 3. The molecule has 226 valence electrons. The Balaban J connectivity index is 1.19. The maximum Gasteiger partial charge on any atom is 0.264 e. The number of sulfone groups is 2. The molecule has 0 fully saturated rings. The second-order valence-corrected chi connectivity index (χ2v) is 16.5. The van der Waals surface area contributed by atoms with Crippen LogP contribution in [0.25, 0.3) is 10.6 Å². The maximum atomic E-state index is 13.2. The first-order valence-electron chi connectivity index (χ1n) is 12.9. The van der Waals surface area contributed by atoms with Crippen LogP contribution in [-0.4, -0.2) is 54.8 Å². The molecular weight excluding hydrogens is 635 g/mol. The first kappa shape index (κ1) is 31.0. The predicted molar refractivity (Wildman–Crippen MR) is 162 cm³/mol. The number of thiazole rings is 1. The van der Waals surface area contributed by atoms with Crippen molar-refractivity contribution in [1.29, 1.82) is 0 Å². The maximum absolute atomic E-state index is 13.2. The number of fused-ring (bicyclic) bond motifs is 2. The monoisotopic (exact) mass is 661 g/mol. The number of rotatable bonds is 11. The highest BCUT2D eigenvalue weighted by atomic mass is 32.2. The summed E-state index contributed by atoms with van der Waals surface area (Å²) in [5, 5.41) is 6.72. The molecule has 0 saturated heterocycles. The topological polar surface area (TPSA) is 166 Å². The number of nitrogens with one attached hydrogen (secondary N) is 2. The van der Waals surface area contributed by atoms with Crippen molar-refractivity contribution in [3.8, 4) is 10.6 Å². The molecule has 1 aliphatic rings. The van der Waals surface area contributed by atoms with E-state index in [4.69, 9.17) is 0 Å². The van der Waals surface area contributed by atoms with E-state index in [1.807, 2.05) is 0 Å². The fourth-order valence-corrected chi connectivity index (χ4v) is 8.63. The summed E-state index contributed by atoms with van der Waals surface area (Å²) >= 11 is 1.44. The first-order valence-corrected chi connectivity index (χ1v) is 18.7. The van der Waals surface area contributed by atoms with E-state index >= 15 is 0 Å². The van der Waals surface area contributed by atoms with Crippen molar-refractivity contribution in [2.24, 2.45) is 0 Å². The Morgan fingerprint density at radius 1 is 0.953 bits per heavy atom. The Hall–Kier alpha value is -3.47. The molecule has 5 rings (SSSR count). The van der Waals surface area contributed by atoms with Gasteiger partial charge in [0.2, 0.25) is 9.84 Å². The molecule has 2 N–H and O–H groups in total. The molecule has 3 aromatic carbocycles. The fourth-order valence-electron chi connectivity index (χ4n) is 4.45. The Morgan fingerprint density at radius 3 is 2.44 bits per heavy atom. The number of carbonyl (C=O) groups excluding carboxylic acids is 1. The van der Waals surface area contributed by atoms with Gasteiger partial charge in [-0.2, -0.15) is 8.42 Å². The summed E-state index contributed by atoms with van der Waals surface area (Å²) in [7, 11) is -11.1. The summed E-state index contributed by atoms with van der Waals surface area (Å²) in [6.45, 7) is 0.684. The van der Waals surface area contributed by atoms with Gasteiger partial charge in [0.15, 0.2) is 9.84 Å². The molecule has 43 heavy (non-hydrogen) atoms. The summed E-state index contributed by atoms with van der Waals surface area (Å²) in [5.41, 5.74) is 1.87. The molecule has 0 unspecified atom stereocenters. The van der Waals surface area contributed by atoms with Crippen LogP contribution in [0.2, 0.25) is 0 Å². The number of aromatic nitrogens is 1. The van der Waals surface area contributed by atoms with Gasteiger partial charge in [0, 0.05) is 29.7 Å². The largest absolute Gasteiger partial charge is 0.321 e. The van der Waals surface area contributed by atoms with Gasteiger partial charge in [0.05, 0.1) is 44.6 Å². The van der Waals surface area contributed by atoms with Crippen molar-refractivity contribution in [1.82, 2.24) is 10.3 Å². The van der Waals surface area contributed by atoms with Crippen LogP contribution in [0.3, 0.4) is 0 Å². The van der Waals surface area contributed by atoms with E-state index in [0.717, 1.165) is 22.3 Å². The predicted octanol–water partition coefficient (Wildman–Crippen LogP) is 3.64. The zero-order valence-electron chi connectivity index (χ0n) is 22.8. The highest BCUT2D eigenvalue weighted by molar-refractivity contribution is 7.92. The minimum absolute atomic E-state index is 0.0218. The molecule has 15 heteroatoms. The Bertz CT molecular complexity index is 2000. The van der Waals surface area contributed by atoms with Crippen molar-refractivity contribution in [2.45, 2.75) is 34.2 Å². The quantitative estimate of drug-likeness (QED) is 0.179. The van der Waals surface area contributed by atoms with Gasteiger partial charge < -0.3 is 10.6 Å². The highest BCUT2D eigenvalue weighted by Gasteiger charge is 2.31. The third-order valence-corrected chi connectivity index (χ3v) is 11.8. The van der Waals surface area contributed by atoms with Gasteiger partial charge in [-0.05, 0) is 48.4 Å². The molecule has 1 amide bonds. The lowest BCUT2D eigenvalue weighted by Gasteiger charge is -2.10. The number of nitrogens with zero attached hydrogens (tertiary/aromatic N) is 1. The average Bonchev–Trinajstić information content (AvgIpc) is 3.41. The standard InChI is InChI=1S/C28H27N3O8S4/c1-41(33,34)39-13-4-14-42(35,36)22-10-8-20(9-11-22)28-30-18-21(40-28)17-29-16-19-7-12-26-24(15-19)31-27(32)23-5-2-3-6-25(23)43(26,37)38/h2-3,5-12,15,18,29H,4,13-14,16-17H2,1H3,(H,31,32). The summed E-state index contributed by atoms with van der Waals surface area (Å²) in [6, 6.07) is 17.3. The fraction of sp³-hybridized carbons (Fsp3) is 0.214. The van der Waals surface area contributed by atoms with Gasteiger partial charge in [0.1, 0.15) is 5.01 Å². The zero-order valence-corrected chi connectivity index (χ0v) is 26.1. The van der Waals surface area contributed by atoms with E-state index in [1.54, 1.807) is 42.6 Å². The summed E-state index contributed by atoms with van der Waals surface area (Å²) < 4.78 is 78.1. The lowest BCUT2D eigenvalue weighted by Crippen LogP contribution is -2.14. The molecule has 0 bridgehead atoms. The molecular formula is C28H27N3O8S4. The van der Waals surface area contributed by atoms with Crippen molar-refractivity contribution in [3.63, 3.8) is 0 Å². The smallest absolute Gasteiger partial charge is 0.264 e. The summed E-state index contributed by atoms with van der Waals surface area (Å²) in [4.78, 5) is 18.2. The Morgan fingerprint density at radius 2 is 1.70 bits per heavy atom. The zero-order chi connectivity index (χ0) is 30.8. The number of carbonyl (C=O) groups is 1. The van der Waals surface area contributed by atoms with Gasteiger partial charge in [-0.3, -0.25) is 8.98 Å². The number of amides is 1. The molecule has 0 spiro atoms. The van der Waals surface area contributed by atoms with Crippen LogP contribution in [-0.2, 0) is 47.1 Å². The van der Waals surface area contributed by atoms with Crippen molar-refractivity contribution >= 4 is 52.7 Å². The van der Waals surface area contributed by atoms with Crippen molar-refractivity contribution < 1.29 is 34.2 Å². The van der Waals surface area contributed by atoms with Crippen LogP contribution in [0.5, 0.6) is 0 Å². The molecule has 4 aromatic rings. The molecule has 0 saturated carbocycles. The second kappa shape index (κ2) is 12.3. The van der Waals surface area contributed by atoms with E-state index < -0.39 is 35.7 Å². The van der Waals surface area contributed by atoms with Crippen LogP contribution in [0.1, 0.15) is 27.2 Å². The minimum Gasteiger partial charge on any atom is -0.321 e.